The number of halogens is 8. The lowest BCUT2D eigenvalue weighted by molar-refractivity contribution is -0.138. The first-order valence-corrected chi connectivity index (χ1v) is 22.1. The molecule has 0 spiro atoms. The zero-order valence-corrected chi connectivity index (χ0v) is 39.1. The number of carboxylic acids is 1. The molecule has 0 aliphatic rings. The maximum absolute atomic E-state index is 14.7. The first-order valence-electron chi connectivity index (χ1n) is 21.3. The summed E-state index contributed by atoms with van der Waals surface area (Å²) in [5.41, 5.74) is 1.71. The van der Waals surface area contributed by atoms with Gasteiger partial charge in [-0.05, 0) is 103 Å². The Kier molecular flexibility index (Phi) is 14.5. The van der Waals surface area contributed by atoms with Gasteiger partial charge in [0.1, 0.15) is 5.75 Å². The van der Waals surface area contributed by atoms with E-state index in [-0.39, 0.29) is 81.7 Å². The summed E-state index contributed by atoms with van der Waals surface area (Å²) >= 11 is 12.9. The summed E-state index contributed by atoms with van der Waals surface area (Å²) in [5, 5.41) is 17.4. The molecule has 0 aliphatic heterocycles. The molecule has 0 saturated carbocycles. The number of aryl methyl sites for hydroxylation is 1. The predicted molar refractivity (Wildman–Crippen MR) is 252 cm³/mol. The number of aromatic nitrogens is 4. The maximum Gasteiger partial charge on any atom is 0.417 e. The monoisotopic (exact) mass is 1010 g/mol. The first kappa shape index (κ1) is 50.0. The lowest BCUT2D eigenvalue weighted by atomic mass is 9.94. The molecule has 0 bridgehead atoms. The van der Waals surface area contributed by atoms with Crippen LogP contribution in [0, 0.1) is 6.92 Å². The minimum atomic E-state index is -4.82. The van der Waals surface area contributed by atoms with Crippen molar-refractivity contribution in [3.05, 3.63) is 159 Å². The van der Waals surface area contributed by atoms with Crippen molar-refractivity contribution in [1.82, 2.24) is 30.1 Å². The number of carboxylic acid groups (broad SMARTS) is 1. The molecule has 0 atom stereocenters. The number of aliphatic carboxylic acids is 1. The number of alkyl halides is 6. The second-order valence-electron chi connectivity index (χ2n) is 16.5. The van der Waals surface area contributed by atoms with Crippen molar-refractivity contribution >= 4 is 35.1 Å². The minimum Gasteiger partial charge on any atom is -0.480 e. The molecule has 12 nitrogen and oxygen atoms in total. The van der Waals surface area contributed by atoms with E-state index in [0.717, 1.165) is 17.7 Å². The lowest BCUT2D eigenvalue weighted by Crippen LogP contribution is -2.28. The Morgan fingerprint density at radius 3 is 1.80 bits per heavy atom. The van der Waals surface area contributed by atoms with E-state index in [1.807, 2.05) is 0 Å². The smallest absolute Gasteiger partial charge is 0.417 e. The van der Waals surface area contributed by atoms with Crippen molar-refractivity contribution in [2.24, 2.45) is 0 Å². The molecule has 1 N–H and O–H groups in total. The van der Waals surface area contributed by atoms with Crippen LogP contribution in [0.3, 0.4) is 0 Å². The van der Waals surface area contributed by atoms with Gasteiger partial charge in [-0.2, -0.15) is 36.3 Å². The molecule has 0 aliphatic carbocycles. The van der Waals surface area contributed by atoms with E-state index in [1.54, 1.807) is 85.4 Å². The zero-order valence-electron chi connectivity index (χ0n) is 37.6. The van der Waals surface area contributed by atoms with Gasteiger partial charge in [0.25, 0.3) is 11.8 Å². The van der Waals surface area contributed by atoms with E-state index in [9.17, 15) is 35.9 Å². The molecule has 0 fully saturated rings. The Labute approximate surface area is 411 Å². The highest BCUT2D eigenvalue weighted by atomic mass is 35.5. The van der Waals surface area contributed by atoms with E-state index in [0.29, 0.717) is 39.4 Å². The number of likely N-dealkylation sites (N-methyl/N-ethyl adjacent to an activating group) is 2. The normalized spacial score (nSPS) is 12.0. The van der Waals surface area contributed by atoms with Crippen LogP contribution in [-0.4, -0.2) is 74.3 Å². The molecule has 20 heteroatoms. The molecule has 0 unspecified atom stereocenters. The fraction of sp³-hybridized carbons (Fsp3) is 0.176. The van der Waals surface area contributed by atoms with Gasteiger partial charge in [-0.1, -0.05) is 106 Å². The maximum atomic E-state index is 14.7. The van der Waals surface area contributed by atoms with Crippen molar-refractivity contribution in [1.29, 1.82) is 0 Å². The van der Waals surface area contributed by atoms with Gasteiger partial charge in [-0.3, -0.25) is 19.4 Å². The number of ether oxygens (including phenoxy) is 1. The topological polar surface area (TPSA) is 148 Å². The van der Waals surface area contributed by atoms with Gasteiger partial charge in [0.15, 0.2) is 0 Å². The van der Waals surface area contributed by atoms with Gasteiger partial charge in [-0.25, -0.2) is 0 Å². The lowest BCUT2D eigenvalue weighted by Gasteiger charge is -2.18. The number of esters is 1. The number of rotatable bonds is 15. The van der Waals surface area contributed by atoms with Crippen molar-refractivity contribution in [3.63, 3.8) is 0 Å². The van der Waals surface area contributed by atoms with Gasteiger partial charge in [0.2, 0.25) is 11.6 Å². The van der Waals surface area contributed by atoms with E-state index in [2.05, 4.69) is 20.3 Å². The average molecular weight is 1020 g/mol. The molecule has 0 amide bonds. The van der Waals surface area contributed by atoms with Gasteiger partial charge < -0.3 is 18.9 Å². The molecule has 0 saturated heterocycles. The number of benzene rings is 6. The van der Waals surface area contributed by atoms with Crippen LogP contribution < -0.4 is 4.74 Å². The van der Waals surface area contributed by atoms with Crippen LogP contribution in [0.1, 0.15) is 27.8 Å². The molecule has 2 heterocycles. The van der Waals surface area contributed by atoms with Crippen molar-refractivity contribution in [2.45, 2.75) is 32.4 Å². The highest BCUT2D eigenvalue weighted by Gasteiger charge is 2.36. The van der Waals surface area contributed by atoms with Crippen LogP contribution in [0.5, 0.6) is 5.75 Å². The molecule has 8 aromatic rings. The molecule has 364 valence electrons. The average Bonchev–Trinajstić information content (AvgIpc) is 4.02. The van der Waals surface area contributed by atoms with Crippen LogP contribution in [0.2, 0.25) is 10.0 Å². The fourth-order valence-electron chi connectivity index (χ4n) is 7.75. The Hall–Kier alpha value is -7.38. The summed E-state index contributed by atoms with van der Waals surface area (Å²) in [6, 6.07) is 29.6. The SMILES string of the molecule is Cc1ccc(OC(=O)CN(C)Cc2ccc(-c3noc(-c4ccc(-c5ccccc5C(F)(F)F)c(Cl)c4)n3)cc2)cc1-c1ccc(-c2nc(-c3ccc(CN(C)CC(=O)O)c(Cl)c3)no2)cc1C(F)(F)F. The van der Waals surface area contributed by atoms with Gasteiger partial charge >= 0.3 is 24.3 Å². The van der Waals surface area contributed by atoms with Crippen molar-refractivity contribution in [3.8, 4) is 73.7 Å². The van der Waals surface area contributed by atoms with E-state index in [1.165, 1.54) is 54.6 Å². The summed E-state index contributed by atoms with van der Waals surface area (Å²) in [6.45, 7) is 1.84. The van der Waals surface area contributed by atoms with Crippen LogP contribution in [0.15, 0.2) is 130 Å². The van der Waals surface area contributed by atoms with Crippen molar-refractivity contribution < 1.29 is 54.8 Å². The third kappa shape index (κ3) is 11.8. The molecule has 0 radical (unpaired) electrons. The first-order chi connectivity index (χ1) is 33.7. The number of nitrogens with zero attached hydrogens (tertiary/aromatic N) is 6. The second kappa shape index (κ2) is 20.5. The molecule has 8 rings (SSSR count). The van der Waals surface area contributed by atoms with Crippen LogP contribution in [0.4, 0.5) is 26.3 Å². The molecule has 2 aromatic heterocycles. The van der Waals surface area contributed by atoms with Crippen LogP contribution in [0.25, 0.3) is 67.9 Å². The largest absolute Gasteiger partial charge is 0.480 e. The number of carbonyl (C=O) groups is 2. The molecular weight excluding hydrogens is 977 g/mol. The van der Waals surface area contributed by atoms with Gasteiger partial charge in [0.05, 0.1) is 24.2 Å². The van der Waals surface area contributed by atoms with E-state index in [4.69, 9.17) is 42.1 Å². The summed E-state index contributed by atoms with van der Waals surface area (Å²) in [5.74, 6) is -1.37. The third-order valence-electron chi connectivity index (χ3n) is 11.1. The standard InChI is InChI=1S/C51H38Cl2F6N6O6/c1-28-8-17-35(23-39(28)37-18-15-32(20-41(37)51(57,58)59)48-61-47(63-70-48)31-13-14-34(42(52)21-31)25-65(3)26-44(66)67)69-45(68)27-64(2)24-29-9-11-30(12-10-29)46-60-49(71-62-46)33-16-19-38(43(53)22-33)36-6-4-5-7-40(36)50(54,55)56/h4-23H,24-27H2,1-3H3,(H,66,67). The predicted octanol–water partition coefficient (Wildman–Crippen LogP) is 12.7. The second-order valence-corrected chi connectivity index (χ2v) is 17.3. The summed E-state index contributed by atoms with van der Waals surface area (Å²) in [6.07, 6.45) is -9.39. The Morgan fingerprint density at radius 1 is 0.606 bits per heavy atom. The van der Waals surface area contributed by atoms with Crippen molar-refractivity contribution in [2.75, 3.05) is 27.2 Å². The number of carbonyl (C=O) groups excluding carboxylic acids is 1. The summed E-state index contributed by atoms with van der Waals surface area (Å²) in [4.78, 5) is 36.2. The third-order valence-corrected chi connectivity index (χ3v) is 11.8. The number of hydrogen-bond acceptors (Lipinski definition) is 11. The summed E-state index contributed by atoms with van der Waals surface area (Å²) in [7, 11) is 3.32. The molecular formula is C51H38Cl2F6N6O6. The highest BCUT2D eigenvalue weighted by Crippen LogP contribution is 2.43. The van der Waals surface area contributed by atoms with E-state index < -0.39 is 35.4 Å². The fourth-order valence-corrected chi connectivity index (χ4v) is 8.27. The molecule has 6 aromatic carbocycles. The number of hydrogen-bond donors (Lipinski definition) is 1. The van der Waals surface area contributed by atoms with Crippen LogP contribution in [-0.2, 0) is 35.0 Å². The zero-order chi connectivity index (χ0) is 50.8. The van der Waals surface area contributed by atoms with Gasteiger partial charge in [0, 0.05) is 51.0 Å². The van der Waals surface area contributed by atoms with E-state index >= 15 is 0 Å². The van der Waals surface area contributed by atoms with Gasteiger partial charge in [-0.15, -0.1) is 0 Å². The minimum absolute atomic E-state index is 0.00424. The molecule has 71 heavy (non-hydrogen) atoms. The Morgan fingerprint density at radius 2 is 1.17 bits per heavy atom. The summed E-state index contributed by atoms with van der Waals surface area (Å²) < 4.78 is 102. The quantitative estimate of drug-likeness (QED) is 0.0592. The Balaban J connectivity index is 0.900. The van der Waals surface area contributed by atoms with Crippen LogP contribution >= 0.6 is 23.2 Å². The Bertz CT molecular complexity index is 3270. The highest BCUT2D eigenvalue weighted by molar-refractivity contribution is 6.33.